The van der Waals surface area contributed by atoms with Crippen molar-refractivity contribution in [3.05, 3.63) is 12.7 Å². The van der Waals surface area contributed by atoms with E-state index in [2.05, 4.69) is 30.6 Å². The first-order valence-electron chi connectivity index (χ1n) is 7.13. The Bertz CT molecular complexity index is 235. The Morgan fingerprint density at radius 3 is 2.83 bits per heavy atom. The SMILES string of the molecule is C=CCN(CCOC)CC(C)(C)C1CCCNC1. The molecule has 18 heavy (non-hydrogen) atoms. The van der Waals surface area contributed by atoms with Crippen LogP contribution in [-0.4, -0.2) is 51.3 Å². The van der Waals surface area contributed by atoms with Gasteiger partial charge in [0, 0.05) is 26.7 Å². The first-order chi connectivity index (χ1) is 8.60. The number of rotatable bonds is 8. The van der Waals surface area contributed by atoms with E-state index in [1.54, 1.807) is 7.11 Å². The highest BCUT2D eigenvalue weighted by Gasteiger charge is 2.31. The van der Waals surface area contributed by atoms with Gasteiger partial charge in [-0.15, -0.1) is 6.58 Å². The number of methoxy groups -OCH3 is 1. The largest absolute Gasteiger partial charge is 0.383 e. The van der Waals surface area contributed by atoms with E-state index in [1.807, 2.05) is 6.08 Å². The van der Waals surface area contributed by atoms with Crippen molar-refractivity contribution in [1.29, 1.82) is 0 Å². The molecule has 3 heteroatoms. The molecule has 3 nitrogen and oxygen atoms in total. The Labute approximate surface area is 113 Å². The highest BCUT2D eigenvalue weighted by atomic mass is 16.5. The maximum absolute atomic E-state index is 5.19. The number of nitrogens with one attached hydrogen (secondary N) is 1. The first-order valence-corrected chi connectivity index (χ1v) is 7.13. The molecule has 1 aliphatic rings. The number of ether oxygens (including phenoxy) is 1. The Kier molecular flexibility index (Phi) is 6.90. The molecule has 0 aliphatic carbocycles. The highest BCUT2D eigenvalue weighted by molar-refractivity contribution is 4.87. The van der Waals surface area contributed by atoms with Crippen molar-refractivity contribution in [2.24, 2.45) is 11.3 Å². The van der Waals surface area contributed by atoms with Crippen molar-refractivity contribution in [2.75, 3.05) is 46.4 Å². The minimum atomic E-state index is 0.351. The lowest BCUT2D eigenvalue weighted by Gasteiger charge is -2.40. The molecule has 1 rings (SSSR count). The molecule has 1 aliphatic heterocycles. The normalized spacial score (nSPS) is 21.2. The summed E-state index contributed by atoms with van der Waals surface area (Å²) in [5.41, 5.74) is 0.351. The fourth-order valence-electron chi connectivity index (χ4n) is 2.86. The molecule has 0 spiro atoms. The molecule has 1 atom stereocenters. The lowest BCUT2D eigenvalue weighted by molar-refractivity contribution is 0.0850. The summed E-state index contributed by atoms with van der Waals surface area (Å²) in [7, 11) is 1.77. The predicted octanol–water partition coefficient (Wildman–Crippen LogP) is 2.15. The third-order valence-corrected chi connectivity index (χ3v) is 4.03. The summed E-state index contributed by atoms with van der Waals surface area (Å²) in [6.07, 6.45) is 4.66. The molecule has 0 radical (unpaired) electrons. The Morgan fingerprint density at radius 2 is 2.28 bits per heavy atom. The minimum Gasteiger partial charge on any atom is -0.383 e. The maximum Gasteiger partial charge on any atom is 0.0589 e. The van der Waals surface area contributed by atoms with Crippen LogP contribution in [0.2, 0.25) is 0 Å². The molecular weight excluding hydrogens is 224 g/mol. The van der Waals surface area contributed by atoms with Crippen molar-refractivity contribution in [3.8, 4) is 0 Å². The second kappa shape index (κ2) is 7.93. The lowest BCUT2D eigenvalue weighted by atomic mass is 9.74. The van der Waals surface area contributed by atoms with Crippen molar-refractivity contribution in [2.45, 2.75) is 26.7 Å². The van der Waals surface area contributed by atoms with E-state index in [0.717, 1.165) is 32.2 Å². The van der Waals surface area contributed by atoms with Crippen LogP contribution in [0.15, 0.2) is 12.7 Å². The fraction of sp³-hybridized carbons (Fsp3) is 0.867. The summed E-state index contributed by atoms with van der Waals surface area (Å²) in [5.74, 6) is 0.779. The van der Waals surface area contributed by atoms with Crippen molar-refractivity contribution in [3.63, 3.8) is 0 Å². The maximum atomic E-state index is 5.19. The molecule has 0 bridgehead atoms. The van der Waals surface area contributed by atoms with Gasteiger partial charge in [-0.05, 0) is 37.3 Å². The molecule has 0 aromatic heterocycles. The molecule has 0 aromatic rings. The van der Waals surface area contributed by atoms with Crippen LogP contribution in [0.3, 0.4) is 0 Å². The minimum absolute atomic E-state index is 0.351. The summed E-state index contributed by atoms with van der Waals surface area (Å²) in [6.45, 7) is 14.9. The third-order valence-electron chi connectivity index (χ3n) is 4.03. The zero-order chi connectivity index (χ0) is 13.4. The molecule has 106 valence electrons. The Hall–Kier alpha value is -0.380. The van der Waals surface area contributed by atoms with Gasteiger partial charge in [-0.1, -0.05) is 19.9 Å². The van der Waals surface area contributed by atoms with Crippen LogP contribution >= 0.6 is 0 Å². The van der Waals surface area contributed by atoms with E-state index < -0.39 is 0 Å². The zero-order valence-corrected chi connectivity index (χ0v) is 12.4. The quantitative estimate of drug-likeness (QED) is 0.672. The van der Waals surface area contributed by atoms with E-state index in [4.69, 9.17) is 4.74 Å². The fourth-order valence-corrected chi connectivity index (χ4v) is 2.86. The van der Waals surface area contributed by atoms with Gasteiger partial charge in [-0.3, -0.25) is 4.90 Å². The van der Waals surface area contributed by atoms with Gasteiger partial charge in [0.15, 0.2) is 0 Å². The number of hydrogen-bond donors (Lipinski definition) is 1. The van der Waals surface area contributed by atoms with Crippen molar-refractivity contribution >= 4 is 0 Å². The molecule has 1 saturated heterocycles. The van der Waals surface area contributed by atoms with Crippen LogP contribution < -0.4 is 5.32 Å². The van der Waals surface area contributed by atoms with Gasteiger partial charge >= 0.3 is 0 Å². The average Bonchev–Trinajstić information content (AvgIpc) is 2.37. The monoisotopic (exact) mass is 254 g/mol. The third kappa shape index (κ3) is 5.09. The van der Waals surface area contributed by atoms with Crippen LogP contribution in [0.4, 0.5) is 0 Å². The van der Waals surface area contributed by atoms with Crippen molar-refractivity contribution < 1.29 is 4.74 Å². The molecule has 0 aromatic carbocycles. The summed E-state index contributed by atoms with van der Waals surface area (Å²) < 4.78 is 5.19. The summed E-state index contributed by atoms with van der Waals surface area (Å²) >= 11 is 0. The number of hydrogen-bond acceptors (Lipinski definition) is 3. The van der Waals surface area contributed by atoms with E-state index in [9.17, 15) is 0 Å². The predicted molar refractivity (Wildman–Crippen MR) is 77.9 cm³/mol. The molecule has 0 amide bonds. The molecule has 1 N–H and O–H groups in total. The molecule has 1 unspecified atom stereocenters. The topological polar surface area (TPSA) is 24.5 Å². The van der Waals surface area contributed by atoms with Gasteiger partial charge in [0.1, 0.15) is 0 Å². The van der Waals surface area contributed by atoms with E-state index >= 15 is 0 Å². The lowest BCUT2D eigenvalue weighted by Crippen LogP contribution is -2.45. The van der Waals surface area contributed by atoms with Crippen LogP contribution in [0.1, 0.15) is 26.7 Å². The molecule has 0 saturated carbocycles. The van der Waals surface area contributed by atoms with Gasteiger partial charge in [0.05, 0.1) is 6.61 Å². The number of piperidine rings is 1. The smallest absolute Gasteiger partial charge is 0.0589 e. The van der Waals surface area contributed by atoms with Crippen LogP contribution in [0.25, 0.3) is 0 Å². The average molecular weight is 254 g/mol. The standard InChI is InChI=1S/C15H30N2O/c1-5-9-17(10-11-18-4)13-15(2,3)14-7-6-8-16-12-14/h5,14,16H,1,6-13H2,2-4H3. The van der Waals surface area contributed by atoms with Gasteiger partial charge in [-0.2, -0.15) is 0 Å². The Morgan fingerprint density at radius 1 is 1.50 bits per heavy atom. The summed E-state index contributed by atoms with van der Waals surface area (Å²) in [5, 5.41) is 3.53. The van der Waals surface area contributed by atoms with Gasteiger partial charge < -0.3 is 10.1 Å². The van der Waals surface area contributed by atoms with Crippen LogP contribution in [-0.2, 0) is 4.74 Å². The van der Waals surface area contributed by atoms with E-state index in [0.29, 0.717) is 5.41 Å². The first kappa shape index (κ1) is 15.7. The Balaban J connectivity index is 2.50. The second-order valence-electron chi connectivity index (χ2n) is 6.05. The van der Waals surface area contributed by atoms with Crippen molar-refractivity contribution in [1.82, 2.24) is 10.2 Å². The molecule has 1 heterocycles. The number of nitrogens with zero attached hydrogens (tertiary/aromatic N) is 1. The summed E-state index contributed by atoms with van der Waals surface area (Å²) in [6, 6.07) is 0. The van der Waals surface area contributed by atoms with Gasteiger partial charge in [0.25, 0.3) is 0 Å². The van der Waals surface area contributed by atoms with E-state index in [1.165, 1.54) is 25.9 Å². The highest BCUT2D eigenvalue weighted by Crippen LogP contribution is 2.32. The van der Waals surface area contributed by atoms with Gasteiger partial charge in [0.2, 0.25) is 0 Å². The summed E-state index contributed by atoms with van der Waals surface area (Å²) in [4.78, 5) is 2.45. The molecular formula is C15H30N2O. The second-order valence-corrected chi connectivity index (χ2v) is 6.05. The zero-order valence-electron chi connectivity index (χ0n) is 12.4. The van der Waals surface area contributed by atoms with Gasteiger partial charge in [-0.25, -0.2) is 0 Å². The van der Waals surface area contributed by atoms with Crippen LogP contribution in [0.5, 0.6) is 0 Å². The van der Waals surface area contributed by atoms with Crippen LogP contribution in [0, 0.1) is 11.3 Å². The van der Waals surface area contributed by atoms with E-state index in [-0.39, 0.29) is 0 Å². The molecule has 1 fully saturated rings.